The first kappa shape index (κ1) is 8.34. The van der Waals surface area contributed by atoms with Crippen LogP contribution < -0.4 is 5.73 Å². The Labute approximate surface area is 56.4 Å². The summed E-state index contributed by atoms with van der Waals surface area (Å²) in [5, 5.41) is 0. The third kappa shape index (κ3) is 7.34. The zero-order chi connectivity index (χ0) is 7.11. The lowest BCUT2D eigenvalue weighted by Crippen LogP contribution is -2.09. The highest BCUT2D eigenvalue weighted by Crippen LogP contribution is 2.00. The normalized spacial score (nSPS) is 9.33. The van der Waals surface area contributed by atoms with E-state index in [0.29, 0.717) is 6.42 Å². The zero-order valence-corrected chi connectivity index (χ0v) is 5.73. The van der Waals surface area contributed by atoms with Gasteiger partial charge in [-0.25, -0.2) is 0 Å². The average molecular weight is 128 g/mol. The van der Waals surface area contributed by atoms with Gasteiger partial charge >= 0.3 is 0 Å². The quantitative estimate of drug-likeness (QED) is 0.439. The summed E-state index contributed by atoms with van der Waals surface area (Å²) in [7, 11) is 0. The van der Waals surface area contributed by atoms with Crippen molar-refractivity contribution in [1.29, 1.82) is 0 Å². The Morgan fingerprint density at radius 1 is 1.33 bits per heavy atom. The maximum Gasteiger partial charge on any atom is 0.217 e. The van der Waals surface area contributed by atoms with Crippen LogP contribution in [0.3, 0.4) is 0 Å². The second-order valence-electron chi connectivity index (χ2n) is 2.13. The van der Waals surface area contributed by atoms with Gasteiger partial charge in [-0.1, -0.05) is 0 Å². The monoisotopic (exact) mass is 128 g/mol. The van der Waals surface area contributed by atoms with Gasteiger partial charge in [-0.15, -0.1) is 0 Å². The van der Waals surface area contributed by atoms with Crippen molar-refractivity contribution in [3.05, 3.63) is 6.92 Å². The lowest BCUT2D eigenvalue weighted by atomic mass is 10.1. The molecule has 0 fully saturated rings. The largest absolute Gasteiger partial charge is 0.370 e. The number of amides is 1. The Morgan fingerprint density at radius 2 is 2.00 bits per heavy atom. The molecule has 2 nitrogen and oxygen atoms in total. The maximum absolute atomic E-state index is 10.2. The molecule has 52 valence electrons. The molecule has 1 amide bonds. The van der Waals surface area contributed by atoms with Crippen LogP contribution in [-0.4, -0.2) is 5.91 Å². The van der Waals surface area contributed by atoms with Crippen LogP contribution in [0.5, 0.6) is 0 Å². The van der Waals surface area contributed by atoms with Gasteiger partial charge in [0.05, 0.1) is 13.3 Å². The minimum atomic E-state index is -0.195. The molecule has 0 saturated carbocycles. The third-order valence-corrected chi connectivity index (χ3v) is 1.17. The van der Waals surface area contributed by atoms with Crippen LogP contribution in [0.2, 0.25) is 0 Å². The molecule has 0 atom stereocenters. The van der Waals surface area contributed by atoms with E-state index in [0.717, 1.165) is 25.7 Å². The molecule has 0 bridgehead atoms. The van der Waals surface area contributed by atoms with E-state index in [1.54, 1.807) is 0 Å². The number of unbranched alkanes of at least 4 members (excludes halogenated alkanes) is 3. The predicted molar refractivity (Wildman–Crippen MR) is 37.6 cm³/mol. The Bertz CT molecular complexity index is 81.0. The molecular formula is C7H14NO+. The molecule has 0 unspecified atom stereocenters. The van der Waals surface area contributed by atoms with Crippen molar-refractivity contribution < 1.29 is 4.79 Å². The lowest BCUT2D eigenvalue weighted by molar-refractivity contribution is -0.118. The van der Waals surface area contributed by atoms with Crippen molar-refractivity contribution in [2.45, 2.75) is 32.1 Å². The molecule has 0 aromatic rings. The van der Waals surface area contributed by atoms with Crippen molar-refractivity contribution in [1.82, 2.24) is 0 Å². The first-order valence-corrected chi connectivity index (χ1v) is 3.35. The summed E-state index contributed by atoms with van der Waals surface area (Å²) in [4.78, 5) is 10.2. The van der Waals surface area contributed by atoms with Gasteiger partial charge in [0.1, 0.15) is 0 Å². The minimum absolute atomic E-state index is 0.195. The first-order valence-electron chi connectivity index (χ1n) is 3.35. The van der Waals surface area contributed by atoms with Crippen LogP contribution in [0.25, 0.3) is 0 Å². The van der Waals surface area contributed by atoms with Crippen LogP contribution >= 0.6 is 0 Å². The molecule has 9 heavy (non-hydrogen) atoms. The SMILES string of the molecule is [CH2+]CCCCCC(N)=O. The van der Waals surface area contributed by atoms with E-state index in [9.17, 15) is 4.79 Å². The summed E-state index contributed by atoms with van der Waals surface area (Å²) >= 11 is 0. The first-order chi connectivity index (χ1) is 4.27. The topological polar surface area (TPSA) is 43.1 Å². The number of rotatable bonds is 5. The molecule has 2 N–H and O–H groups in total. The summed E-state index contributed by atoms with van der Waals surface area (Å²) in [6.07, 6.45) is 4.59. The van der Waals surface area contributed by atoms with Crippen molar-refractivity contribution in [2.24, 2.45) is 5.73 Å². The molecule has 0 aliphatic rings. The van der Waals surface area contributed by atoms with Gasteiger partial charge in [-0.2, -0.15) is 0 Å². The summed E-state index contributed by atoms with van der Waals surface area (Å²) in [5.41, 5.74) is 4.92. The Kier molecular flexibility index (Phi) is 5.07. The van der Waals surface area contributed by atoms with E-state index in [2.05, 4.69) is 6.92 Å². The lowest BCUT2D eigenvalue weighted by Gasteiger charge is -1.91. The van der Waals surface area contributed by atoms with Crippen LogP contribution in [0, 0.1) is 6.92 Å². The van der Waals surface area contributed by atoms with Gasteiger partial charge < -0.3 is 5.73 Å². The number of primary amides is 1. The summed E-state index contributed by atoms with van der Waals surface area (Å²) in [6.45, 7) is 3.69. The summed E-state index contributed by atoms with van der Waals surface area (Å²) in [6, 6.07) is 0. The van der Waals surface area contributed by atoms with Gasteiger partial charge in [0, 0.05) is 6.42 Å². The fourth-order valence-corrected chi connectivity index (χ4v) is 0.653. The second kappa shape index (κ2) is 5.48. The Morgan fingerprint density at radius 3 is 2.44 bits per heavy atom. The molecule has 2 heteroatoms. The molecule has 0 rings (SSSR count). The fraction of sp³-hybridized carbons (Fsp3) is 0.714. The Hall–Kier alpha value is -0.660. The van der Waals surface area contributed by atoms with Crippen LogP contribution in [0.15, 0.2) is 0 Å². The predicted octanol–water partition coefficient (Wildman–Crippen LogP) is 1.26. The molecule has 0 aliphatic carbocycles. The Balaban J connectivity index is 2.83. The second-order valence-corrected chi connectivity index (χ2v) is 2.13. The van der Waals surface area contributed by atoms with Crippen LogP contribution in [0.1, 0.15) is 32.1 Å². The highest BCUT2D eigenvalue weighted by atomic mass is 16.1. The van der Waals surface area contributed by atoms with E-state index >= 15 is 0 Å². The number of nitrogens with two attached hydrogens (primary N) is 1. The van der Waals surface area contributed by atoms with Gasteiger partial charge in [-0.05, 0) is 19.3 Å². The minimum Gasteiger partial charge on any atom is -0.370 e. The van der Waals surface area contributed by atoms with Gasteiger partial charge in [0.2, 0.25) is 5.91 Å². The molecule has 0 radical (unpaired) electrons. The zero-order valence-electron chi connectivity index (χ0n) is 5.73. The average Bonchev–Trinajstić information content (AvgIpc) is 1.80. The molecule has 0 spiro atoms. The molecule has 0 heterocycles. The van der Waals surface area contributed by atoms with Crippen molar-refractivity contribution in [3.63, 3.8) is 0 Å². The molecule has 0 aromatic heterocycles. The smallest absolute Gasteiger partial charge is 0.217 e. The molecular weight excluding hydrogens is 114 g/mol. The highest BCUT2D eigenvalue weighted by Gasteiger charge is 1.93. The van der Waals surface area contributed by atoms with Crippen molar-refractivity contribution in [2.75, 3.05) is 0 Å². The molecule has 0 aliphatic heterocycles. The maximum atomic E-state index is 10.2. The fourth-order valence-electron chi connectivity index (χ4n) is 0.653. The standard InChI is InChI=1S/C7H13NO/c1-2-3-4-5-6-7(8)9/h1-6H2,(H-,8,9)/p+1. The number of hydrogen-bond donors (Lipinski definition) is 1. The number of hydrogen-bond acceptors (Lipinski definition) is 1. The highest BCUT2D eigenvalue weighted by molar-refractivity contribution is 5.73. The van der Waals surface area contributed by atoms with Gasteiger partial charge in [-0.3, -0.25) is 4.79 Å². The van der Waals surface area contributed by atoms with E-state index < -0.39 is 0 Å². The summed E-state index contributed by atoms with van der Waals surface area (Å²) < 4.78 is 0. The third-order valence-electron chi connectivity index (χ3n) is 1.17. The van der Waals surface area contributed by atoms with E-state index in [1.165, 1.54) is 0 Å². The number of carbonyl (C=O) groups excluding carboxylic acids is 1. The van der Waals surface area contributed by atoms with E-state index in [-0.39, 0.29) is 5.91 Å². The molecule has 0 saturated heterocycles. The van der Waals surface area contributed by atoms with Crippen molar-refractivity contribution >= 4 is 5.91 Å². The van der Waals surface area contributed by atoms with Gasteiger partial charge in [0.25, 0.3) is 0 Å². The number of carbonyl (C=O) groups is 1. The summed E-state index contributed by atoms with van der Waals surface area (Å²) in [5.74, 6) is -0.195. The van der Waals surface area contributed by atoms with Crippen LogP contribution in [0.4, 0.5) is 0 Å². The van der Waals surface area contributed by atoms with Gasteiger partial charge in [0.15, 0.2) is 0 Å². The van der Waals surface area contributed by atoms with Crippen LogP contribution in [-0.2, 0) is 4.79 Å². The van der Waals surface area contributed by atoms with E-state index in [1.807, 2.05) is 0 Å². The van der Waals surface area contributed by atoms with E-state index in [4.69, 9.17) is 5.73 Å². The van der Waals surface area contributed by atoms with Crippen molar-refractivity contribution in [3.8, 4) is 0 Å². The molecule has 0 aromatic carbocycles.